The summed E-state index contributed by atoms with van der Waals surface area (Å²) in [4.78, 5) is 0.873. The molecule has 1 aliphatic rings. The minimum absolute atomic E-state index is 0.422. The summed E-state index contributed by atoms with van der Waals surface area (Å²) in [6.45, 7) is 1.61. The quantitative estimate of drug-likeness (QED) is 0.741. The molecule has 0 N–H and O–H groups in total. The van der Waals surface area contributed by atoms with Gasteiger partial charge in [-0.2, -0.15) is 9.61 Å². The lowest BCUT2D eigenvalue weighted by Crippen LogP contribution is -2.01. The van der Waals surface area contributed by atoms with Gasteiger partial charge in [0.15, 0.2) is 5.82 Å². The van der Waals surface area contributed by atoms with Crippen molar-refractivity contribution in [3.63, 3.8) is 0 Å². The molecule has 0 spiro atoms. The summed E-state index contributed by atoms with van der Waals surface area (Å²) in [5, 5.41) is 14.3. The molecule has 0 amide bonds. The Kier molecular flexibility index (Phi) is 2.97. The molecule has 1 atom stereocenters. The zero-order chi connectivity index (χ0) is 13.4. The van der Waals surface area contributed by atoms with Gasteiger partial charge in [0, 0.05) is 18.9 Å². The first kappa shape index (κ1) is 12.0. The minimum Gasteiger partial charge on any atom is -0.381 e. The van der Waals surface area contributed by atoms with Gasteiger partial charge in [0.25, 0.3) is 0 Å². The molecule has 20 heavy (non-hydrogen) atoms. The average Bonchev–Trinajstić information content (AvgIpc) is 3.17. The molecule has 1 aliphatic heterocycles. The first-order chi connectivity index (χ1) is 9.90. The van der Waals surface area contributed by atoms with E-state index in [4.69, 9.17) is 4.74 Å². The number of rotatable bonds is 3. The highest BCUT2D eigenvalue weighted by Gasteiger charge is 2.23. The maximum atomic E-state index is 5.43. The molecule has 6 heteroatoms. The summed E-state index contributed by atoms with van der Waals surface area (Å²) in [5.74, 6) is 1.32. The molecule has 0 radical (unpaired) electrons. The number of hydrogen-bond donors (Lipinski definition) is 0. The van der Waals surface area contributed by atoms with Crippen molar-refractivity contribution in [2.24, 2.45) is 0 Å². The van der Waals surface area contributed by atoms with Crippen LogP contribution in [0.5, 0.6) is 0 Å². The molecule has 4 rings (SSSR count). The van der Waals surface area contributed by atoms with Crippen molar-refractivity contribution >= 4 is 16.3 Å². The monoisotopic (exact) mass is 286 g/mol. The molecule has 0 saturated carbocycles. The van der Waals surface area contributed by atoms with Gasteiger partial charge in [-0.3, -0.25) is 0 Å². The lowest BCUT2D eigenvalue weighted by atomic mass is 10.1. The van der Waals surface area contributed by atoms with E-state index >= 15 is 0 Å². The Hall–Kier alpha value is -1.79. The minimum atomic E-state index is 0.422. The molecule has 0 aliphatic carbocycles. The summed E-state index contributed by atoms with van der Waals surface area (Å²) in [5.41, 5.74) is 1.22. The number of aromatic nitrogens is 4. The second kappa shape index (κ2) is 4.96. The lowest BCUT2D eigenvalue weighted by Gasteiger charge is -2.00. The van der Waals surface area contributed by atoms with Gasteiger partial charge < -0.3 is 4.74 Å². The fourth-order valence-electron chi connectivity index (χ4n) is 2.46. The highest BCUT2D eigenvalue weighted by Crippen LogP contribution is 2.29. The zero-order valence-electron chi connectivity index (χ0n) is 10.9. The van der Waals surface area contributed by atoms with Crippen molar-refractivity contribution in [1.82, 2.24) is 19.8 Å². The van der Waals surface area contributed by atoms with Crippen molar-refractivity contribution in [1.29, 1.82) is 0 Å². The molecule has 3 heterocycles. The van der Waals surface area contributed by atoms with Crippen molar-refractivity contribution < 1.29 is 4.74 Å². The van der Waals surface area contributed by atoms with Gasteiger partial charge >= 0.3 is 0 Å². The van der Waals surface area contributed by atoms with Crippen molar-refractivity contribution in [2.75, 3.05) is 13.2 Å². The van der Waals surface area contributed by atoms with E-state index in [0.29, 0.717) is 5.92 Å². The van der Waals surface area contributed by atoms with Gasteiger partial charge in [-0.15, -0.1) is 10.2 Å². The molecule has 1 fully saturated rings. The Morgan fingerprint density at radius 2 is 2.15 bits per heavy atom. The van der Waals surface area contributed by atoms with Crippen LogP contribution in [0.4, 0.5) is 0 Å². The molecule has 1 unspecified atom stereocenters. The van der Waals surface area contributed by atoms with Crippen LogP contribution in [0, 0.1) is 0 Å². The first-order valence-electron chi connectivity index (χ1n) is 6.73. The molecule has 3 aromatic rings. The standard InChI is InChI=1S/C14H14N4OS/c1-2-4-10(5-3-1)8-12-15-16-14-18(12)17-13(20-14)11-6-7-19-9-11/h1-5,11H,6-9H2. The Balaban J connectivity index is 1.66. The van der Waals surface area contributed by atoms with Gasteiger partial charge in [-0.1, -0.05) is 41.7 Å². The van der Waals surface area contributed by atoms with Crippen LogP contribution in [-0.2, 0) is 11.2 Å². The number of benzene rings is 1. The van der Waals surface area contributed by atoms with Gasteiger partial charge in [0.1, 0.15) is 5.01 Å². The van der Waals surface area contributed by atoms with E-state index in [2.05, 4.69) is 27.4 Å². The van der Waals surface area contributed by atoms with Gasteiger partial charge in [-0.25, -0.2) is 0 Å². The van der Waals surface area contributed by atoms with Crippen LogP contribution in [0.3, 0.4) is 0 Å². The summed E-state index contributed by atoms with van der Waals surface area (Å²) in [7, 11) is 0. The predicted octanol–water partition coefficient (Wildman–Crippen LogP) is 2.28. The van der Waals surface area contributed by atoms with Crippen molar-refractivity contribution in [2.45, 2.75) is 18.8 Å². The van der Waals surface area contributed by atoms with Crippen LogP contribution < -0.4 is 0 Å². The van der Waals surface area contributed by atoms with E-state index < -0.39 is 0 Å². The van der Waals surface area contributed by atoms with Gasteiger partial charge in [0.2, 0.25) is 4.96 Å². The van der Waals surface area contributed by atoms with E-state index in [1.54, 1.807) is 11.3 Å². The molecule has 5 nitrogen and oxygen atoms in total. The van der Waals surface area contributed by atoms with E-state index in [1.165, 1.54) is 5.56 Å². The fraction of sp³-hybridized carbons (Fsp3) is 0.357. The van der Waals surface area contributed by atoms with E-state index in [-0.39, 0.29) is 0 Å². The summed E-state index contributed by atoms with van der Waals surface area (Å²) in [6, 6.07) is 10.3. The molecule has 1 saturated heterocycles. The number of fused-ring (bicyclic) bond motifs is 1. The third-order valence-corrected chi connectivity index (χ3v) is 4.62. The molecular formula is C14H14N4OS. The Labute approximate surface area is 120 Å². The predicted molar refractivity (Wildman–Crippen MR) is 76.1 cm³/mol. The topological polar surface area (TPSA) is 52.3 Å². The number of hydrogen-bond acceptors (Lipinski definition) is 5. The highest BCUT2D eigenvalue weighted by molar-refractivity contribution is 7.16. The number of ether oxygens (including phenoxy) is 1. The fourth-order valence-corrected chi connectivity index (χ4v) is 3.43. The van der Waals surface area contributed by atoms with Gasteiger partial charge in [0.05, 0.1) is 6.61 Å². The maximum absolute atomic E-state index is 5.43. The summed E-state index contributed by atoms with van der Waals surface area (Å²) in [6.07, 6.45) is 1.81. The molecule has 102 valence electrons. The van der Waals surface area contributed by atoms with Crippen LogP contribution in [0.2, 0.25) is 0 Å². The number of nitrogens with zero attached hydrogens (tertiary/aromatic N) is 4. The van der Waals surface area contributed by atoms with Crippen molar-refractivity contribution in [3.05, 3.63) is 46.7 Å². The zero-order valence-corrected chi connectivity index (χ0v) is 11.7. The van der Waals surface area contributed by atoms with Crippen LogP contribution in [0.25, 0.3) is 4.96 Å². The summed E-state index contributed by atoms with van der Waals surface area (Å²) >= 11 is 1.62. The highest BCUT2D eigenvalue weighted by atomic mass is 32.1. The van der Waals surface area contributed by atoms with E-state index in [0.717, 1.165) is 41.8 Å². The third kappa shape index (κ3) is 2.10. The third-order valence-electron chi connectivity index (χ3n) is 3.56. The Bertz CT molecular complexity index is 715. The molecule has 0 bridgehead atoms. The van der Waals surface area contributed by atoms with Crippen LogP contribution in [-0.4, -0.2) is 33.0 Å². The molecular weight excluding hydrogens is 272 g/mol. The van der Waals surface area contributed by atoms with E-state index in [9.17, 15) is 0 Å². The largest absolute Gasteiger partial charge is 0.381 e. The normalized spacial score (nSPS) is 18.9. The van der Waals surface area contributed by atoms with Crippen molar-refractivity contribution in [3.8, 4) is 0 Å². The Morgan fingerprint density at radius 1 is 1.25 bits per heavy atom. The lowest BCUT2D eigenvalue weighted by molar-refractivity contribution is 0.193. The second-order valence-corrected chi connectivity index (χ2v) is 5.96. The van der Waals surface area contributed by atoms with Crippen LogP contribution >= 0.6 is 11.3 Å². The SMILES string of the molecule is c1ccc(Cc2nnc3sc(C4CCOC4)nn23)cc1. The van der Waals surface area contributed by atoms with Crippen LogP contribution in [0.15, 0.2) is 30.3 Å². The molecule has 1 aromatic carbocycles. The molecule has 2 aromatic heterocycles. The Morgan fingerprint density at radius 3 is 2.95 bits per heavy atom. The van der Waals surface area contributed by atoms with Gasteiger partial charge in [-0.05, 0) is 12.0 Å². The van der Waals surface area contributed by atoms with Crippen LogP contribution in [0.1, 0.15) is 28.7 Å². The maximum Gasteiger partial charge on any atom is 0.234 e. The first-order valence-corrected chi connectivity index (χ1v) is 7.54. The average molecular weight is 286 g/mol. The van der Waals surface area contributed by atoms with E-state index in [1.807, 2.05) is 22.7 Å². The smallest absolute Gasteiger partial charge is 0.234 e. The summed E-state index contributed by atoms with van der Waals surface area (Å²) < 4.78 is 7.31. The second-order valence-electron chi connectivity index (χ2n) is 4.97.